The molecule has 0 saturated carbocycles. The second kappa shape index (κ2) is 8.00. The van der Waals surface area contributed by atoms with Gasteiger partial charge in [0.1, 0.15) is 22.5 Å². The molecule has 34 heavy (non-hydrogen) atoms. The number of para-hydroxylation sites is 1. The summed E-state index contributed by atoms with van der Waals surface area (Å²) in [6.07, 6.45) is -0.208. The summed E-state index contributed by atoms with van der Waals surface area (Å²) >= 11 is 0. The average Bonchev–Trinajstić information content (AvgIpc) is 3.31. The van der Waals surface area contributed by atoms with Crippen LogP contribution in [0.1, 0.15) is 27.1 Å². The number of amides is 3. The average molecular weight is 459 g/mol. The molecule has 1 N–H and O–H groups in total. The lowest BCUT2D eigenvalue weighted by Gasteiger charge is -2.14. The Morgan fingerprint density at radius 3 is 2.62 bits per heavy atom. The number of fused-ring (bicyclic) bond motifs is 4. The van der Waals surface area contributed by atoms with E-state index in [1.54, 1.807) is 12.1 Å². The second-order valence-corrected chi connectivity index (χ2v) is 7.66. The highest BCUT2D eigenvalue weighted by molar-refractivity contribution is 6.23. The molecule has 0 bridgehead atoms. The molecule has 0 spiro atoms. The molecule has 10 heteroatoms. The number of benzene rings is 3. The van der Waals surface area contributed by atoms with Crippen LogP contribution >= 0.6 is 0 Å². The third-order valence-electron chi connectivity index (χ3n) is 5.71. The van der Waals surface area contributed by atoms with E-state index in [2.05, 4.69) is 5.32 Å². The van der Waals surface area contributed by atoms with Crippen LogP contribution in [-0.2, 0) is 4.79 Å². The van der Waals surface area contributed by atoms with E-state index in [-0.39, 0.29) is 24.1 Å². The molecule has 5 rings (SSSR count). The van der Waals surface area contributed by atoms with Crippen LogP contribution in [0.4, 0.5) is 11.4 Å². The van der Waals surface area contributed by atoms with Crippen molar-refractivity contribution in [2.75, 3.05) is 19.0 Å². The highest BCUT2D eigenvalue weighted by Gasteiger charge is 2.40. The van der Waals surface area contributed by atoms with Crippen molar-refractivity contribution < 1.29 is 28.5 Å². The van der Waals surface area contributed by atoms with Crippen LogP contribution in [0.5, 0.6) is 5.75 Å². The van der Waals surface area contributed by atoms with Gasteiger partial charge in [-0.2, -0.15) is 0 Å². The Hall–Kier alpha value is -4.73. The number of anilines is 1. The van der Waals surface area contributed by atoms with Crippen molar-refractivity contribution in [3.05, 3.63) is 75.8 Å². The molecule has 0 atom stereocenters. The summed E-state index contributed by atoms with van der Waals surface area (Å²) < 4.78 is 11.3. The maximum atomic E-state index is 12.7. The summed E-state index contributed by atoms with van der Waals surface area (Å²) in [6.45, 7) is -0.232. The minimum Gasteiger partial charge on any atom is -0.495 e. The van der Waals surface area contributed by atoms with Gasteiger partial charge in [0.05, 0.1) is 23.3 Å². The Labute approximate surface area is 191 Å². The lowest BCUT2D eigenvalue weighted by atomic mass is 10.1. The number of imide groups is 1. The Balaban J connectivity index is 1.34. The number of nitrogens with one attached hydrogen (secondary N) is 1. The zero-order valence-corrected chi connectivity index (χ0v) is 17.9. The summed E-state index contributed by atoms with van der Waals surface area (Å²) in [6, 6.07) is 14.8. The Morgan fingerprint density at radius 1 is 1.06 bits per heavy atom. The van der Waals surface area contributed by atoms with E-state index in [4.69, 9.17) is 9.15 Å². The van der Waals surface area contributed by atoms with Crippen LogP contribution in [0.3, 0.4) is 0 Å². The molecule has 0 aliphatic carbocycles. The fraction of sp³-hybridized carbons (Fsp3) is 0.125. The molecule has 3 aromatic carbocycles. The highest BCUT2D eigenvalue weighted by atomic mass is 16.6. The maximum absolute atomic E-state index is 12.7. The molecular weight excluding hydrogens is 442 g/mol. The van der Waals surface area contributed by atoms with Crippen LogP contribution in [-0.4, -0.2) is 41.2 Å². The van der Waals surface area contributed by atoms with Crippen LogP contribution in [0.2, 0.25) is 0 Å². The number of methoxy groups -OCH3 is 1. The predicted octanol–water partition coefficient (Wildman–Crippen LogP) is 4.13. The van der Waals surface area contributed by atoms with Crippen LogP contribution in [0.15, 0.2) is 59.0 Å². The van der Waals surface area contributed by atoms with Gasteiger partial charge in [0, 0.05) is 35.9 Å². The first kappa shape index (κ1) is 21.1. The molecule has 3 amide bonds. The first-order valence-corrected chi connectivity index (χ1v) is 10.3. The molecule has 10 nitrogen and oxygen atoms in total. The van der Waals surface area contributed by atoms with Crippen LogP contribution in [0.25, 0.3) is 21.9 Å². The molecule has 0 fully saturated rings. The molecule has 0 radical (unpaired) electrons. The lowest BCUT2D eigenvalue weighted by Crippen LogP contribution is -2.33. The monoisotopic (exact) mass is 459 g/mol. The first-order chi connectivity index (χ1) is 16.4. The number of hydrogen-bond acceptors (Lipinski definition) is 7. The number of furan rings is 1. The lowest BCUT2D eigenvalue weighted by molar-refractivity contribution is -0.385. The van der Waals surface area contributed by atoms with E-state index in [0.717, 1.165) is 15.7 Å². The second-order valence-electron chi connectivity index (χ2n) is 7.66. The Morgan fingerprint density at radius 2 is 1.85 bits per heavy atom. The molecule has 1 aromatic heterocycles. The highest BCUT2D eigenvalue weighted by Crippen LogP contribution is 2.36. The standard InChI is InChI=1S/C24H17N3O7/c1-33-20-11-15-13-5-2-3-8-18(13)34-19(15)12-16(20)25-21(28)9-10-26-23(29)14-6-4-7-17(27(31)32)22(14)24(26)30/h2-8,11-12H,9-10H2,1H3,(H,25,28). The van der Waals surface area contributed by atoms with Gasteiger partial charge in [0.25, 0.3) is 17.5 Å². The minimum atomic E-state index is -0.790. The van der Waals surface area contributed by atoms with Crippen molar-refractivity contribution in [2.45, 2.75) is 6.42 Å². The Kier molecular flexibility index (Phi) is 4.97. The van der Waals surface area contributed by atoms with Crippen molar-refractivity contribution in [3.63, 3.8) is 0 Å². The van der Waals surface area contributed by atoms with Gasteiger partial charge in [-0.25, -0.2) is 0 Å². The summed E-state index contributed by atoms with van der Waals surface area (Å²) in [4.78, 5) is 49.3. The summed E-state index contributed by atoms with van der Waals surface area (Å²) in [7, 11) is 1.48. The van der Waals surface area contributed by atoms with Crippen molar-refractivity contribution >= 4 is 51.0 Å². The van der Waals surface area contributed by atoms with E-state index >= 15 is 0 Å². The topological polar surface area (TPSA) is 132 Å². The number of nitrogens with zero attached hydrogens (tertiary/aromatic N) is 2. The molecule has 1 aliphatic heterocycles. The molecular formula is C24H17N3O7. The summed E-state index contributed by atoms with van der Waals surface area (Å²) in [5.41, 5.74) is 0.892. The molecule has 0 saturated heterocycles. The quantitative estimate of drug-likeness (QED) is 0.260. The largest absolute Gasteiger partial charge is 0.495 e. The van der Waals surface area contributed by atoms with E-state index in [9.17, 15) is 24.5 Å². The molecule has 2 heterocycles. The molecule has 0 unspecified atom stereocenters. The van der Waals surface area contributed by atoms with Gasteiger partial charge in [-0.3, -0.25) is 29.4 Å². The number of carbonyl (C=O) groups excluding carboxylic acids is 3. The van der Waals surface area contributed by atoms with E-state index in [1.807, 2.05) is 24.3 Å². The van der Waals surface area contributed by atoms with Gasteiger partial charge >= 0.3 is 0 Å². The predicted molar refractivity (Wildman–Crippen MR) is 122 cm³/mol. The number of nitro benzene ring substituents is 1. The van der Waals surface area contributed by atoms with Crippen LogP contribution < -0.4 is 10.1 Å². The number of ether oxygens (including phenoxy) is 1. The first-order valence-electron chi connectivity index (χ1n) is 10.3. The molecule has 1 aliphatic rings. The van der Waals surface area contributed by atoms with Crippen molar-refractivity contribution in [1.29, 1.82) is 0 Å². The smallest absolute Gasteiger partial charge is 0.282 e. The van der Waals surface area contributed by atoms with Gasteiger partial charge in [0.15, 0.2) is 0 Å². The van der Waals surface area contributed by atoms with Gasteiger partial charge in [-0.15, -0.1) is 0 Å². The van der Waals surface area contributed by atoms with E-state index < -0.39 is 28.3 Å². The third kappa shape index (κ3) is 3.32. The van der Waals surface area contributed by atoms with E-state index in [0.29, 0.717) is 22.6 Å². The number of nitro groups is 1. The van der Waals surface area contributed by atoms with Gasteiger partial charge < -0.3 is 14.5 Å². The van der Waals surface area contributed by atoms with Gasteiger partial charge in [0.2, 0.25) is 5.91 Å². The van der Waals surface area contributed by atoms with Gasteiger partial charge in [-0.05, 0) is 18.2 Å². The number of carbonyl (C=O) groups is 3. The van der Waals surface area contributed by atoms with Gasteiger partial charge in [-0.1, -0.05) is 24.3 Å². The normalized spacial score (nSPS) is 12.9. The van der Waals surface area contributed by atoms with Crippen molar-refractivity contribution in [3.8, 4) is 5.75 Å². The SMILES string of the molecule is COc1cc2c(cc1NC(=O)CCN1C(=O)c3cccc([N+](=O)[O-])c3C1=O)oc1ccccc12. The summed E-state index contributed by atoms with van der Waals surface area (Å²) in [5, 5.41) is 15.7. The summed E-state index contributed by atoms with van der Waals surface area (Å²) in [5.74, 6) is -1.51. The third-order valence-corrected chi connectivity index (χ3v) is 5.71. The van der Waals surface area contributed by atoms with Crippen molar-refractivity contribution in [1.82, 2.24) is 4.90 Å². The number of rotatable bonds is 6. The van der Waals surface area contributed by atoms with Crippen LogP contribution in [0, 0.1) is 10.1 Å². The zero-order valence-electron chi connectivity index (χ0n) is 17.9. The zero-order chi connectivity index (χ0) is 24.0. The molecule has 170 valence electrons. The maximum Gasteiger partial charge on any atom is 0.282 e. The fourth-order valence-electron chi connectivity index (χ4n) is 4.12. The fourth-order valence-corrected chi connectivity index (χ4v) is 4.12. The Bertz CT molecular complexity index is 1520. The number of hydrogen-bond donors (Lipinski definition) is 1. The van der Waals surface area contributed by atoms with Crippen molar-refractivity contribution in [2.24, 2.45) is 0 Å². The minimum absolute atomic E-state index is 0.0448. The molecule has 4 aromatic rings. The van der Waals surface area contributed by atoms with E-state index in [1.165, 1.54) is 25.3 Å².